The van der Waals surface area contributed by atoms with Gasteiger partial charge in [-0.2, -0.15) is 0 Å². The molecule has 0 heterocycles. The van der Waals surface area contributed by atoms with Gasteiger partial charge in [0.15, 0.2) is 0 Å². The maximum absolute atomic E-state index is 12.4. The molecule has 1 atom stereocenters. The van der Waals surface area contributed by atoms with Crippen LogP contribution in [0.2, 0.25) is 0 Å². The lowest BCUT2D eigenvalue weighted by Crippen LogP contribution is -2.49. The molecule has 0 aliphatic heterocycles. The van der Waals surface area contributed by atoms with Crippen molar-refractivity contribution in [2.45, 2.75) is 39.2 Å². The van der Waals surface area contributed by atoms with E-state index in [0.717, 1.165) is 6.42 Å². The number of nitrogens with one attached hydrogen (secondary N) is 2. The fraction of sp³-hybridized carbons (Fsp3) is 0.364. The molecule has 2 aromatic rings. The van der Waals surface area contributed by atoms with Crippen molar-refractivity contribution in [1.29, 1.82) is 0 Å². The largest absolute Gasteiger partial charge is 0.354 e. The molecule has 0 saturated heterocycles. The van der Waals surface area contributed by atoms with E-state index in [4.69, 9.17) is 0 Å². The predicted octanol–water partition coefficient (Wildman–Crippen LogP) is 3.49. The van der Waals surface area contributed by atoms with Crippen molar-refractivity contribution in [3.05, 3.63) is 71.8 Å². The molecule has 0 radical (unpaired) electrons. The first-order valence-electron chi connectivity index (χ1n) is 9.13. The van der Waals surface area contributed by atoms with E-state index in [1.165, 1.54) is 18.1 Å². The number of rotatable bonds is 8. The highest BCUT2D eigenvalue weighted by Gasteiger charge is 2.23. The van der Waals surface area contributed by atoms with Crippen molar-refractivity contribution in [2.24, 2.45) is 5.92 Å². The van der Waals surface area contributed by atoms with Crippen LogP contribution in [0.5, 0.6) is 0 Å². The van der Waals surface area contributed by atoms with E-state index in [2.05, 4.69) is 34.9 Å². The maximum Gasteiger partial charge on any atom is 0.242 e. The molecule has 0 aliphatic rings. The van der Waals surface area contributed by atoms with Gasteiger partial charge in [0.25, 0.3) is 0 Å². The highest BCUT2D eigenvalue weighted by Crippen LogP contribution is 2.27. The SMILES string of the molecule is CC(=O)NC(C(=O)NCCC(c1ccccc1)c1ccccc1)C(C)C. The Balaban J connectivity index is 2.03. The molecule has 0 bridgehead atoms. The summed E-state index contributed by atoms with van der Waals surface area (Å²) in [6, 6.07) is 20.1. The van der Waals surface area contributed by atoms with Crippen LogP contribution in [-0.4, -0.2) is 24.4 Å². The van der Waals surface area contributed by atoms with Crippen molar-refractivity contribution >= 4 is 11.8 Å². The Morgan fingerprint density at radius 1 is 0.885 bits per heavy atom. The van der Waals surface area contributed by atoms with Crippen molar-refractivity contribution < 1.29 is 9.59 Å². The average Bonchev–Trinajstić information content (AvgIpc) is 2.64. The van der Waals surface area contributed by atoms with E-state index in [0.29, 0.717) is 6.54 Å². The standard InChI is InChI=1S/C22H28N2O2/c1-16(2)21(24-17(3)25)22(26)23-15-14-20(18-10-6-4-7-11-18)19-12-8-5-9-13-19/h4-13,16,20-21H,14-15H2,1-3H3,(H,23,26)(H,24,25). The topological polar surface area (TPSA) is 58.2 Å². The number of amides is 2. The van der Waals surface area contributed by atoms with Crippen LogP contribution in [0.1, 0.15) is 44.2 Å². The normalized spacial score (nSPS) is 12.0. The van der Waals surface area contributed by atoms with Crippen LogP contribution in [0.25, 0.3) is 0 Å². The second-order valence-electron chi connectivity index (χ2n) is 6.88. The third kappa shape index (κ3) is 5.73. The molecular weight excluding hydrogens is 324 g/mol. The van der Waals surface area contributed by atoms with E-state index < -0.39 is 6.04 Å². The molecule has 26 heavy (non-hydrogen) atoms. The Bertz CT molecular complexity index is 659. The summed E-state index contributed by atoms with van der Waals surface area (Å²) in [7, 11) is 0. The monoisotopic (exact) mass is 352 g/mol. The van der Waals surface area contributed by atoms with Crippen LogP contribution in [0.15, 0.2) is 60.7 Å². The maximum atomic E-state index is 12.4. The molecule has 138 valence electrons. The van der Waals surface area contributed by atoms with Gasteiger partial charge in [-0.3, -0.25) is 9.59 Å². The van der Waals surface area contributed by atoms with Gasteiger partial charge in [0.2, 0.25) is 11.8 Å². The lowest BCUT2D eigenvalue weighted by molar-refractivity contribution is -0.129. The molecule has 2 aromatic carbocycles. The van der Waals surface area contributed by atoms with Crippen LogP contribution in [0.3, 0.4) is 0 Å². The minimum atomic E-state index is -0.501. The molecule has 0 aliphatic carbocycles. The zero-order chi connectivity index (χ0) is 18.9. The molecule has 4 heteroatoms. The van der Waals surface area contributed by atoms with Gasteiger partial charge in [0, 0.05) is 19.4 Å². The highest BCUT2D eigenvalue weighted by atomic mass is 16.2. The fourth-order valence-electron chi connectivity index (χ4n) is 3.10. The van der Waals surface area contributed by atoms with E-state index in [1.54, 1.807) is 0 Å². The molecule has 2 amide bonds. The zero-order valence-electron chi connectivity index (χ0n) is 15.7. The van der Waals surface area contributed by atoms with Crippen LogP contribution in [0, 0.1) is 5.92 Å². The lowest BCUT2D eigenvalue weighted by Gasteiger charge is -2.22. The summed E-state index contributed by atoms with van der Waals surface area (Å²) in [4.78, 5) is 23.8. The summed E-state index contributed by atoms with van der Waals surface area (Å²) in [6.07, 6.45) is 0.796. The van der Waals surface area contributed by atoms with Gasteiger partial charge in [-0.15, -0.1) is 0 Å². The quantitative estimate of drug-likeness (QED) is 0.764. The summed E-state index contributed by atoms with van der Waals surface area (Å²) in [6.45, 7) is 5.84. The average molecular weight is 352 g/mol. The molecule has 0 spiro atoms. The van der Waals surface area contributed by atoms with Gasteiger partial charge >= 0.3 is 0 Å². The molecule has 0 aromatic heterocycles. The van der Waals surface area contributed by atoms with Gasteiger partial charge in [-0.1, -0.05) is 74.5 Å². The molecule has 0 fully saturated rings. The van der Waals surface area contributed by atoms with E-state index in [-0.39, 0.29) is 23.7 Å². The minimum Gasteiger partial charge on any atom is -0.354 e. The number of hydrogen-bond acceptors (Lipinski definition) is 2. The van der Waals surface area contributed by atoms with Gasteiger partial charge < -0.3 is 10.6 Å². The van der Waals surface area contributed by atoms with Gasteiger partial charge in [-0.05, 0) is 23.5 Å². The van der Waals surface area contributed by atoms with Crippen molar-refractivity contribution in [1.82, 2.24) is 10.6 Å². The smallest absolute Gasteiger partial charge is 0.242 e. The van der Waals surface area contributed by atoms with Crippen LogP contribution in [0.4, 0.5) is 0 Å². The van der Waals surface area contributed by atoms with Crippen LogP contribution >= 0.6 is 0 Å². The summed E-state index contributed by atoms with van der Waals surface area (Å²) in [5, 5.41) is 5.72. The van der Waals surface area contributed by atoms with E-state index in [1.807, 2.05) is 50.2 Å². The summed E-state index contributed by atoms with van der Waals surface area (Å²) in [5.41, 5.74) is 2.46. The Morgan fingerprint density at radius 2 is 1.38 bits per heavy atom. The third-order valence-electron chi connectivity index (χ3n) is 4.44. The molecule has 0 saturated carbocycles. The van der Waals surface area contributed by atoms with E-state index >= 15 is 0 Å². The number of carbonyl (C=O) groups is 2. The molecule has 2 N–H and O–H groups in total. The van der Waals surface area contributed by atoms with Gasteiger partial charge in [-0.25, -0.2) is 0 Å². The summed E-state index contributed by atoms with van der Waals surface area (Å²) in [5.74, 6) is -0.0609. The first kappa shape index (κ1) is 19.7. The Kier molecular flexibility index (Phi) is 7.39. The van der Waals surface area contributed by atoms with Crippen molar-refractivity contribution in [2.75, 3.05) is 6.54 Å². The Hall–Kier alpha value is -2.62. The first-order chi connectivity index (χ1) is 12.5. The second kappa shape index (κ2) is 9.76. The summed E-state index contributed by atoms with van der Waals surface area (Å²) >= 11 is 0. The highest BCUT2D eigenvalue weighted by molar-refractivity contribution is 5.87. The minimum absolute atomic E-state index is 0.0398. The Morgan fingerprint density at radius 3 is 1.81 bits per heavy atom. The second-order valence-corrected chi connectivity index (χ2v) is 6.88. The van der Waals surface area contributed by atoms with Gasteiger partial charge in [0.1, 0.15) is 6.04 Å². The number of benzene rings is 2. The van der Waals surface area contributed by atoms with E-state index in [9.17, 15) is 9.59 Å². The van der Waals surface area contributed by atoms with Crippen molar-refractivity contribution in [3.8, 4) is 0 Å². The fourth-order valence-corrected chi connectivity index (χ4v) is 3.10. The molecule has 1 unspecified atom stereocenters. The lowest BCUT2D eigenvalue weighted by atomic mass is 9.88. The third-order valence-corrected chi connectivity index (χ3v) is 4.44. The van der Waals surface area contributed by atoms with Crippen molar-refractivity contribution in [3.63, 3.8) is 0 Å². The molecular formula is C22H28N2O2. The number of carbonyl (C=O) groups excluding carboxylic acids is 2. The van der Waals surface area contributed by atoms with Crippen LogP contribution < -0.4 is 10.6 Å². The summed E-state index contributed by atoms with van der Waals surface area (Å²) < 4.78 is 0. The molecule has 2 rings (SSSR count). The zero-order valence-corrected chi connectivity index (χ0v) is 15.7. The predicted molar refractivity (Wildman–Crippen MR) is 105 cm³/mol. The number of hydrogen-bond donors (Lipinski definition) is 2. The first-order valence-corrected chi connectivity index (χ1v) is 9.13. The van der Waals surface area contributed by atoms with Crippen LogP contribution in [-0.2, 0) is 9.59 Å². The molecule has 4 nitrogen and oxygen atoms in total. The Labute approximate surface area is 156 Å². The van der Waals surface area contributed by atoms with Gasteiger partial charge in [0.05, 0.1) is 0 Å².